The molecule has 2 N–H and O–H groups in total. The van der Waals surface area contributed by atoms with Crippen LogP contribution in [-0.2, 0) is 12.0 Å². The van der Waals surface area contributed by atoms with Crippen molar-refractivity contribution >= 4 is 11.3 Å². The van der Waals surface area contributed by atoms with Gasteiger partial charge in [-0.2, -0.15) is 0 Å². The molecule has 1 heterocycles. The van der Waals surface area contributed by atoms with Crippen LogP contribution in [0.1, 0.15) is 29.7 Å². The summed E-state index contributed by atoms with van der Waals surface area (Å²) in [7, 11) is 0. The summed E-state index contributed by atoms with van der Waals surface area (Å²) in [6.45, 7) is 2.12. The summed E-state index contributed by atoms with van der Waals surface area (Å²) in [6.07, 6.45) is 5.24. The van der Waals surface area contributed by atoms with Crippen LogP contribution >= 0.6 is 11.3 Å². The summed E-state index contributed by atoms with van der Waals surface area (Å²) in [5.74, 6) is 0. The van der Waals surface area contributed by atoms with Crippen molar-refractivity contribution in [2.24, 2.45) is 5.73 Å². The minimum absolute atomic E-state index is 0.0189. The van der Waals surface area contributed by atoms with Gasteiger partial charge in [0.1, 0.15) is 0 Å². The molecule has 1 aromatic heterocycles. The summed E-state index contributed by atoms with van der Waals surface area (Å²) in [4.78, 5) is 5.55. The highest BCUT2D eigenvalue weighted by atomic mass is 32.1. The van der Waals surface area contributed by atoms with E-state index < -0.39 is 0 Å². The maximum Gasteiger partial charge on any atom is 0.0925 e. The fourth-order valence-corrected chi connectivity index (χ4v) is 2.10. The molecule has 0 bridgehead atoms. The Balaban J connectivity index is 2.25. The lowest BCUT2D eigenvalue weighted by molar-refractivity contribution is 0.756. The highest BCUT2D eigenvalue weighted by Crippen LogP contribution is 2.44. The molecule has 1 aliphatic carbocycles. The largest absolute Gasteiger partial charge is 0.321 e. The molecule has 1 aromatic rings. The van der Waals surface area contributed by atoms with Crippen molar-refractivity contribution < 1.29 is 0 Å². The third-order valence-electron chi connectivity index (χ3n) is 2.14. The molecule has 0 radical (unpaired) electrons. The lowest BCUT2D eigenvalue weighted by Gasteiger charge is -2.01. The van der Waals surface area contributed by atoms with E-state index >= 15 is 0 Å². The van der Waals surface area contributed by atoms with Crippen LogP contribution in [-0.4, -0.2) is 4.98 Å². The maximum atomic E-state index is 6.01. The Morgan fingerprint density at radius 2 is 2.45 bits per heavy atom. The zero-order valence-electron chi connectivity index (χ0n) is 6.63. The molecule has 2 nitrogen and oxygen atoms in total. The fourth-order valence-electron chi connectivity index (χ4n) is 1.08. The average molecular weight is 168 g/mol. The van der Waals surface area contributed by atoms with Crippen LogP contribution in [0.2, 0.25) is 0 Å². The molecule has 11 heavy (non-hydrogen) atoms. The van der Waals surface area contributed by atoms with E-state index in [0.717, 1.165) is 19.3 Å². The number of aromatic nitrogens is 1. The summed E-state index contributed by atoms with van der Waals surface area (Å²) < 4.78 is 0. The van der Waals surface area contributed by atoms with Crippen molar-refractivity contribution in [3.63, 3.8) is 0 Å². The van der Waals surface area contributed by atoms with Crippen molar-refractivity contribution in [1.29, 1.82) is 0 Å². The van der Waals surface area contributed by atoms with E-state index in [1.807, 2.05) is 6.20 Å². The van der Waals surface area contributed by atoms with Crippen LogP contribution in [0.25, 0.3) is 0 Å². The minimum atomic E-state index is 0.0189. The Morgan fingerprint density at radius 1 is 1.73 bits per heavy atom. The number of nitrogens with two attached hydrogens (primary N) is 1. The summed E-state index contributed by atoms with van der Waals surface area (Å²) in [5.41, 5.74) is 6.03. The molecular weight excluding hydrogens is 156 g/mol. The van der Waals surface area contributed by atoms with Gasteiger partial charge >= 0.3 is 0 Å². The molecule has 0 aromatic carbocycles. The molecule has 60 valence electrons. The number of nitrogens with zero attached hydrogens (tertiary/aromatic N) is 1. The smallest absolute Gasteiger partial charge is 0.0925 e. The topological polar surface area (TPSA) is 38.9 Å². The summed E-state index contributed by atoms with van der Waals surface area (Å²) in [6, 6.07) is 0. The Morgan fingerprint density at radius 3 is 2.91 bits per heavy atom. The van der Waals surface area contributed by atoms with Gasteiger partial charge in [0, 0.05) is 11.1 Å². The van der Waals surface area contributed by atoms with Gasteiger partial charge in [0.25, 0.3) is 0 Å². The molecule has 0 aliphatic heterocycles. The van der Waals surface area contributed by atoms with E-state index in [2.05, 4.69) is 11.9 Å². The van der Waals surface area contributed by atoms with Gasteiger partial charge in [-0.05, 0) is 19.3 Å². The van der Waals surface area contributed by atoms with Crippen LogP contribution in [0, 0.1) is 0 Å². The second-order valence-corrected chi connectivity index (χ2v) is 4.24. The number of hydrogen-bond acceptors (Lipinski definition) is 3. The van der Waals surface area contributed by atoms with Crippen LogP contribution in [0.4, 0.5) is 0 Å². The normalized spacial score (nSPS) is 20.2. The van der Waals surface area contributed by atoms with Gasteiger partial charge in [0.2, 0.25) is 0 Å². The first kappa shape index (κ1) is 7.25. The molecule has 0 unspecified atom stereocenters. The summed E-state index contributed by atoms with van der Waals surface area (Å²) in [5, 5.41) is 1.21. The van der Waals surface area contributed by atoms with Gasteiger partial charge in [0.15, 0.2) is 0 Å². The average Bonchev–Trinajstić information content (AvgIpc) is 2.61. The number of aryl methyl sites for hydroxylation is 1. The molecule has 0 saturated heterocycles. The standard InChI is InChI=1S/C8H12N2S/c1-2-7-10-5-6(11-7)8(9)3-4-8/h5H,2-4,9H2,1H3. The minimum Gasteiger partial charge on any atom is -0.321 e. The van der Waals surface area contributed by atoms with E-state index in [9.17, 15) is 0 Å². The predicted molar refractivity (Wildman–Crippen MR) is 46.6 cm³/mol. The van der Waals surface area contributed by atoms with Gasteiger partial charge in [-0.1, -0.05) is 6.92 Å². The predicted octanol–water partition coefficient (Wildman–Crippen LogP) is 1.65. The van der Waals surface area contributed by atoms with Gasteiger partial charge < -0.3 is 5.73 Å². The Labute approximate surface area is 70.5 Å². The molecule has 2 rings (SSSR count). The Kier molecular flexibility index (Phi) is 1.51. The third kappa shape index (κ3) is 1.19. The zero-order valence-corrected chi connectivity index (χ0v) is 7.45. The van der Waals surface area contributed by atoms with Crippen LogP contribution < -0.4 is 5.73 Å². The zero-order chi connectivity index (χ0) is 7.90. The maximum absolute atomic E-state index is 6.01. The lowest BCUT2D eigenvalue weighted by Crippen LogP contribution is -2.16. The number of thiazole rings is 1. The fraction of sp³-hybridized carbons (Fsp3) is 0.625. The number of rotatable bonds is 2. The number of hydrogen-bond donors (Lipinski definition) is 1. The molecule has 0 amide bonds. The summed E-state index contributed by atoms with van der Waals surface area (Å²) >= 11 is 1.77. The molecule has 0 atom stereocenters. The Hall–Kier alpha value is -0.410. The molecule has 0 spiro atoms. The molecular formula is C8H12N2S. The van der Waals surface area contributed by atoms with E-state index in [4.69, 9.17) is 5.73 Å². The molecule has 3 heteroatoms. The van der Waals surface area contributed by atoms with Crippen molar-refractivity contribution in [1.82, 2.24) is 4.98 Å². The molecule has 1 aliphatic rings. The SMILES string of the molecule is CCc1ncc(C2(N)CC2)s1. The van der Waals surface area contributed by atoms with E-state index in [1.54, 1.807) is 11.3 Å². The molecule has 1 saturated carbocycles. The van der Waals surface area contributed by atoms with Crippen molar-refractivity contribution in [2.45, 2.75) is 31.7 Å². The second-order valence-electron chi connectivity index (χ2n) is 3.13. The first-order valence-electron chi connectivity index (χ1n) is 3.99. The lowest BCUT2D eigenvalue weighted by atomic mass is 10.3. The van der Waals surface area contributed by atoms with Gasteiger partial charge in [0.05, 0.1) is 10.5 Å². The van der Waals surface area contributed by atoms with Crippen molar-refractivity contribution in [3.05, 3.63) is 16.1 Å². The highest BCUT2D eigenvalue weighted by Gasteiger charge is 2.41. The van der Waals surface area contributed by atoms with Crippen LogP contribution in [0.15, 0.2) is 6.20 Å². The van der Waals surface area contributed by atoms with E-state index in [0.29, 0.717) is 0 Å². The van der Waals surface area contributed by atoms with Crippen LogP contribution in [0.5, 0.6) is 0 Å². The second kappa shape index (κ2) is 2.29. The van der Waals surface area contributed by atoms with E-state index in [1.165, 1.54) is 9.88 Å². The van der Waals surface area contributed by atoms with Gasteiger partial charge in [-0.15, -0.1) is 11.3 Å². The Bertz CT molecular complexity index is 263. The quantitative estimate of drug-likeness (QED) is 0.729. The molecule has 1 fully saturated rings. The van der Waals surface area contributed by atoms with E-state index in [-0.39, 0.29) is 5.54 Å². The van der Waals surface area contributed by atoms with Gasteiger partial charge in [-0.3, -0.25) is 0 Å². The van der Waals surface area contributed by atoms with Crippen molar-refractivity contribution in [2.75, 3.05) is 0 Å². The van der Waals surface area contributed by atoms with Crippen molar-refractivity contribution in [3.8, 4) is 0 Å². The van der Waals surface area contributed by atoms with Crippen LogP contribution in [0.3, 0.4) is 0 Å². The monoisotopic (exact) mass is 168 g/mol. The van der Waals surface area contributed by atoms with Gasteiger partial charge in [-0.25, -0.2) is 4.98 Å². The third-order valence-corrected chi connectivity index (χ3v) is 3.50. The first-order valence-corrected chi connectivity index (χ1v) is 4.80. The first-order chi connectivity index (χ1) is 5.24. The highest BCUT2D eigenvalue weighted by molar-refractivity contribution is 7.11.